The Hall–Kier alpha value is -1.29. The highest BCUT2D eigenvalue weighted by Gasteiger charge is 2.35. The number of rotatable bonds is 6. The molecule has 0 aromatic carbocycles. The number of aliphatic hydroxyl groups excluding tert-OH is 1. The van der Waals surface area contributed by atoms with Gasteiger partial charge in [-0.25, -0.2) is 0 Å². The minimum atomic E-state index is -0.750. The maximum atomic E-state index is 12.2. The zero-order valence-electron chi connectivity index (χ0n) is 12.3. The van der Waals surface area contributed by atoms with Crippen LogP contribution in [0.3, 0.4) is 0 Å². The van der Waals surface area contributed by atoms with E-state index in [4.69, 9.17) is 16.4 Å². The smallest absolute Gasteiger partial charge is 0.218 e. The number of allylic oxidation sites excluding steroid dienone is 2. The predicted molar refractivity (Wildman–Crippen MR) is 80.9 cm³/mol. The van der Waals surface area contributed by atoms with Gasteiger partial charge in [0.15, 0.2) is 5.78 Å². The van der Waals surface area contributed by atoms with Crippen molar-refractivity contribution in [1.29, 1.82) is 0 Å². The summed E-state index contributed by atoms with van der Waals surface area (Å²) < 4.78 is 0. The van der Waals surface area contributed by atoms with Crippen molar-refractivity contribution in [3.8, 4) is 0 Å². The Morgan fingerprint density at radius 1 is 1.60 bits per heavy atom. The van der Waals surface area contributed by atoms with E-state index in [-0.39, 0.29) is 17.0 Å². The minimum Gasteiger partial charge on any atom is -0.511 e. The lowest BCUT2D eigenvalue weighted by atomic mass is 9.75. The third-order valence-corrected chi connectivity index (χ3v) is 3.33. The minimum absolute atomic E-state index is 0.0896. The first-order chi connectivity index (χ1) is 9.30. The Morgan fingerprint density at radius 2 is 2.25 bits per heavy atom. The first-order valence-electron chi connectivity index (χ1n) is 6.75. The molecule has 1 unspecified atom stereocenters. The molecule has 4 nitrogen and oxygen atoms in total. The van der Waals surface area contributed by atoms with Crippen molar-refractivity contribution >= 4 is 23.1 Å². The van der Waals surface area contributed by atoms with Crippen molar-refractivity contribution in [2.45, 2.75) is 52.0 Å². The van der Waals surface area contributed by atoms with Gasteiger partial charge in [-0.15, -0.1) is 0 Å². The van der Waals surface area contributed by atoms with E-state index < -0.39 is 5.56 Å². The van der Waals surface area contributed by atoms with Crippen LogP contribution in [0.5, 0.6) is 0 Å². The van der Waals surface area contributed by atoms with Crippen molar-refractivity contribution < 1.29 is 14.7 Å². The molecule has 1 aliphatic carbocycles. The largest absolute Gasteiger partial charge is 0.511 e. The summed E-state index contributed by atoms with van der Waals surface area (Å²) in [5.74, 6) is -0.00829. The van der Waals surface area contributed by atoms with Gasteiger partial charge in [0, 0.05) is 12.8 Å². The molecule has 0 aliphatic heterocycles. The fraction of sp³-hybridized carbons (Fsp3) is 0.600. The van der Waals surface area contributed by atoms with E-state index in [0.29, 0.717) is 30.5 Å². The lowest BCUT2D eigenvalue weighted by molar-refractivity contribution is -0.118. The Morgan fingerprint density at radius 3 is 2.75 bits per heavy atom. The molecule has 112 valence electrons. The Labute approximate surface area is 125 Å². The van der Waals surface area contributed by atoms with Crippen LogP contribution in [-0.2, 0) is 9.63 Å². The van der Waals surface area contributed by atoms with Gasteiger partial charge in [0.2, 0.25) is 5.56 Å². The zero-order valence-corrected chi connectivity index (χ0v) is 13.0. The van der Waals surface area contributed by atoms with Gasteiger partial charge < -0.3 is 9.94 Å². The van der Waals surface area contributed by atoms with E-state index in [1.807, 2.05) is 20.8 Å². The maximum Gasteiger partial charge on any atom is 0.218 e. The fourth-order valence-electron chi connectivity index (χ4n) is 2.23. The van der Waals surface area contributed by atoms with Gasteiger partial charge in [-0.2, -0.15) is 0 Å². The highest BCUT2D eigenvalue weighted by Crippen LogP contribution is 2.36. The molecule has 0 radical (unpaired) electrons. The molecule has 0 amide bonds. The van der Waals surface area contributed by atoms with Crippen molar-refractivity contribution in [2.75, 3.05) is 0 Å². The summed E-state index contributed by atoms with van der Waals surface area (Å²) >= 11 is 5.76. The number of hydrogen-bond acceptors (Lipinski definition) is 4. The summed E-state index contributed by atoms with van der Waals surface area (Å²) in [6.07, 6.45) is 3.58. The fourth-order valence-corrected chi connectivity index (χ4v) is 2.27. The highest BCUT2D eigenvalue weighted by atomic mass is 35.5. The van der Waals surface area contributed by atoms with E-state index in [0.717, 1.165) is 6.42 Å². The highest BCUT2D eigenvalue weighted by molar-refractivity contribution is 6.23. The SMILES string of the molecule is C=CC(Cl)O/N=C(\CCC)C1=C(O)CC(C)(C)CC1=O. The van der Waals surface area contributed by atoms with Crippen molar-refractivity contribution in [2.24, 2.45) is 10.6 Å². The van der Waals surface area contributed by atoms with Crippen molar-refractivity contribution in [3.05, 3.63) is 24.0 Å². The summed E-state index contributed by atoms with van der Waals surface area (Å²) in [6.45, 7) is 9.37. The van der Waals surface area contributed by atoms with Gasteiger partial charge in [-0.05, 0) is 17.9 Å². The summed E-state index contributed by atoms with van der Waals surface area (Å²) in [5, 5.41) is 14.1. The number of Topliss-reactive ketones (excluding diaryl/α,β-unsaturated/α-hetero) is 1. The number of aliphatic hydroxyl groups is 1. The van der Waals surface area contributed by atoms with Crippen molar-refractivity contribution in [3.63, 3.8) is 0 Å². The number of halogens is 1. The first kappa shape index (κ1) is 16.8. The van der Waals surface area contributed by atoms with Crippen LogP contribution < -0.4 is 0 Å². The molecule has 0 heterocycles. The summed E-state index contributed by atoms with van der Waals surface area (Å²) in [7, 11) is 0. The number of carbonyl (C=O) groups excluding carboxylic acids is 1. The second kappa shape index (κ2) is 6.93. The van der Waals surface area contributed by atoms with Crippen LogP contribution in [-0.4, -0.2) is 22.2 Å². The van der Waals surface area contributed by atoms with Crippen LogP contribution >= 0.6 is 11.6 Å². The molecule has 20 heavy (non-hydrogen) atoms. The van der Waals surface area contributed by atoms with Crippen LogP contribution in [0, 0.1) is 5.41 Å². The van der Waals surface area contributed by atoms with E-state index in [2.05, 4.69) is 11.7 Å². The summed E-state index contributed by atoms with van der Waals surface area (Å²) in [4.78, 5) is 17.3. The normalized spacial score (nSPS) is 20.8. The molecule has 0 aromatic heterocycles. The van der Waals surface area contributed by atoms with Gasteiger partial charge in [0.25, 0.3) is 0 Å². The monoisotopic (exact) mass is 299 g/mol. The molecule has 1 aliphatic rings. The Bertz CT molecular complexity index is 452. The van der Waals surface area contributed by atoms with Gasteiger partial charge in [0.05, 0.1) is 11.3 Å². The average molecular weight is 300 g/mol. The van der Waals surface area contributed by atoms with Gasteiger partial charge >= 0.3 is 0 Å². The van der Waals surface area contributed by atoms with Crippen LogP contribution in [0.25, 0.3) is 0 Å². The standard InChI is InChI=1S/C15H22ClNO3/c1-5-7-10(17-20-13(16)6-2)14-11(18)8-15(3,4)9-12(14)19/h6,13,18H,2,5,7-9H2,1,3-4H3/b17-10+. The number of hydrogen-bond donors (Lipinski definition) is 1. The molecule has 0 fully saturated rings. The molecule has 0 saturated heterocycles. The summed E-state index contributed by atoms with van der Waals surface area (Å²) in [5.41, 5.74) is -0.226. The maximum absolute atomic E-state index is 12.2. The van der Waals surface area contributed by atoms with Gasteiger partial charge in [-0.3, -0.25) is 4.79 Å². The molecule has 1 atom stereocenters. The topological polar surface area (TPSA) is 58.9 Å². The predicted octanol–water partition coefficient (Wildman–Crippen LogP) is 4.11. The average Bonchev–Trinajstić information content (AvgIpc) is 2.33. The number of carbonyl (C=O) groups is 1. The molecular formula is C15H22ClNO3. The molecule has 0 saturated carbocycles. The van der Waals surface area contributed by atoms with E-state index in [9.17, 15) is 9.90 Å². The molecular weight excluding hydrogens is 278 g/mol. The third kappa shape index (κ3) is 4.37. The molecule has 0 bridgehead atoms. The quantitative estimate of drug-likeness (QED) is 0.347. The molecule has 0 spiro atoms. The number of nitrogens with zero attached hydrogens (tertiary/aromatic N) is 1. The van der Waals surface area contributed by atoms with Crippen LogP contribution in [0.15, 0.2) is 29.1 Å². The second-order valence-electron chi connectivity index (χ2n) is 5.74. The van der Waals surface area contributed by atoms with E-state index >= 15 is 0 Å². The Balaban J connectivity index is 3.07. The molecule has 0 aromatic rings. The zero-order chi connectivity index (χ0) is 15.3. The van der Waals surface area contributed by atoms with Crippen molar-refractivity contribution in [1.82, 2.24) is 0 Å². The van der Waals surface area contributed by atoms with E-state index in [1.165, 1.54) is 6.08 Å². The third-order valence-electron chi connectivity index (χ3n) is 3.08. The van der Waals surface area contributed by atoms with E-state index in [1.54, 1.807) is 0 Å². The number of oxime groups is 1. The van der Waals surface area contributed by atoms with Crippen LogP contribution in [0.2, 0.25) is 0 Å². The Kier molecular flexibility index (Phi) is 5.81. The number of alkyl halides is 1. The van der Waals surface area contributed by atoms with Crippen LogP contribution in [0.1, 0.15) is 46.5 Å². The second-order valence-corrected chi connectivity index (χ2v) is 6.17. The molecule has 1 rings (SSSR count). The number of ketones is 1. The lowest BCUT2D eigenvalue weighted by Crippen LogP contribution is -2.29. The van der Waals surface area contributed by atoms with Gasteiger partial charge in [-0.1, -0.05) is 50.5 Å². The first-order valence-corrected chi connectivity index (χ1v) is 7.19. The lowest BCUT2D eigenvalue weighted by Gasteiger charge is -2.29. The molecule has 5 heteroatoms. The molecule has 1 N–H and O–H groups in total. The summed E-state index contributed by atoms with van der Waals surface area (Å²) in [6, 6.07) is 0. The van der Waals surface area contributed by atoms with Crippen LogP contribution in [0.4, 0.5) is 0 Å². The van der Waals surface area contributed by atoms with Gasteiger partial charge in [0.1, 0.15) is 5.76 Å².